The van der Waals surface area contributed by atoms with Crippen LogP contribution in [0.3, 0.4) is 0 Å². The van der Waals surface area contributed by atoms with Crippen LogP contribution in [0.4, 0.5) is 5.69 Å². The van der Waals surface area contributed by atoms with Crippen LogP contribution in [0.2, 0.25) is 5.02 Å². The molecule has 0 saturated heterocycles. The minimum Gasteiger partial charge on any atom is -0.393 e. The summed E-state index contributed by atoms with van der Waals surface area (Å²) in [4.78, 5) is 0. The van der Waals surface area contributed by atoms with E-state index in [4.69, 9.17) is 11.6 Å². The number of hydrogen-bond donors (Lipinski definition) is 2. The number of aryl methyl sites for hydroxylation is 1. The predicted molar refractivity (Wildman–Crippen MR) is 72.6 cm³/mol. The summed E-state index contributed by atoms with van der Waals surface area (Å²) in [5.74, 6) is 0.678. The molecule has 0 unspecified atom stereocenters. The molecule has 0 aliphatic heterocycles. The standard InChI is InChI=1S/C14H20ClNO/c1-10-2-5-12(15)8-14(10)16-9-11-3-6-13(17)7-4-11/h2,5,8,11,13,16-17H,3-4,6-7,9H2,1H3. The van der Waals surface area contributed by atoms with E-state index in [9.17, 15) is 5.11 Å². The summed E-state index contributed by atoms with van der Waals surface area (Å²) in [5, 5.41) is 13.7. The van der Waals surface area contributed by atoms with E-state index < -0.39 is 0 Å². The lowest BCUT2D eigenvalue weighted by Gasteiger charge is -2.26. The highest BCUT2D eigenvalue weighted by atomic mass is 35.5. The van der Waals surface area contributed by atoms with Gasteiger partial charge in [-0.05, 0) is 56.2 Å². The molecular weight excluding hydrogens is 234 g/mol. The van der Waals surface area contributed by atoms with Crippen LogP contribution in [0.25, 0.3) is 0 Å². The van der Waals surface area contributed by atoms with Crippen LogP contribution < -0.4 is 5.32 Å². The van der Waals surface area contributed by atoms with Gasteiger partial charge in [-0.1, -0.05) is 17.7 Å². The molecule has 1 aliphatic rings. The highest BCUT2D eigenvalue weighted by Crippen LogP contribution is 2.26. The first-order valence-electron chi connectivity index (χ1n) is 6.33. The van der Waals surface area contributed by atoms with Crippen molar-refractivity contribution in [1.29, 1.82) is 0 Å². The fourth-order valence-electron chi connectivity index (χ4n) is 2.39. The second kappa shape index (κ2) is 5.74. The zero-order valence-corrected chi connectivity index (χ0v) is 11.0. The molecule has 0 amide bonds. The second-order valence-electron chi connectivity index (χ2n) is 5.01. The van der Waals surface area contributed by atoms with Gasteiger partial charge < -0.3 is 10.4 Å². The lowest BCUT2D eigenvalue weighted by Crippen LogP contribution is -2.23. The van der Waals surface area contributed by atoms with Gasteiger partial charge in [0.05, 0.1) is 6.10 Å². The Balaban J connectivity index is 1.87. The molecule has 0 radical (unpaired) electrons. The third-order valence-electron chi connectivity index (χ3n) is 3.60. The van der Waals surface area contributed by atoms with Crippen molar-refractivity contribution in [3.63, 3.8) is 0 Å². The van der Waals surface area contributed by atoms with Crippen LogP contribution in [0.15, 0.2) is 18.2 Å². The summed E-state index contributed by atoms with van der Waals surface area (Å²) in [7, 11) is 0. The number of rotatable bonds is 3. The number of hydrogen-bond acceptors (Lipinski definition) is 2. The highest BCUT2D eigenvalue weighted by molar-refractivity contribution is 6.30. The van der Waals surface area contributed by atoms with Gasteiger partial charge in [-0.2, -0.15) is 0 Å². The van der Waals surface area contributed by atoms with E-state index in [1.807, 2.05) is 18.2 Å². The fraction of sp³-hybridized carbons (Fsp3) is 0.571. The Morgan fingerprint density at radius 1 is 1.29 bits per heavy atom. The molecule has 1 aliphatic carbocycles. The first-order chi connectivity index (χ1) is 8.15. The van der Waals surface area contributed by atoms with Crippen molar-refractivity contribution in [2.24, 2.45) is 5.92 Å². The Hall–Kier alpha value is -0.730. The molecule has 17 heavy (non-hydrogen) atoms. The van der Waals surface area contributed by atoms with Crippen LogP contribution in [0.1, 0.15) is 31.2 Å². The maximum Gasteiger partial charge on any atom is 0.0540 e. The maximum atomic E-state index is 9.45. The van der Waals surface area contributed by atoms with Crippen molar-refractivity contribution >= 4 is 17.3 Å². The lowest BCUT2D eigenvalue weighted by molar-refractivity contribution is 0.111. The van der Waals surface area contributed by atoms with Crippen LogP contribution in [0, 0.1) is 12.8 Å². The van der Waals surface area contributed by atoms with E-state index in [1.165, 1.54) is 5.56 Å². The molecule has 2 N–H and O–H groups in total. The molecule has 0 aromatic heterocycles. The summed E-state index contributed by atoms with van der Waals surface area (Å²) in [6, 6.07) is 5.93. The predicted octanol–water partition coefficient (Wildman–Crippen LogP) is 3.61. The van der Waals surface area contributed by atoms with Gasteiger partial charge in [0.2, 0.25) is 0 Å². The van der Waals surface area contributed by atoms with Gasteiger partial charge in [0.1, 0.15) is 0 Å². The van der Waals surface area contributed by atoms with Crippen molar-refractivity contribution in [3.05, 3.63) is 28.8 Å². The maximum absolute atomic E-state index is 9.45. The van der Waals surface area contributed by atoms with Gasteiger partial charge in [-0.3, -0.25) is 0 Å². The van der Waals surface area contributed by atoms with E-state index in [0.717, 1.165) is 42.9 Å². The van der Waals surface area contributed by atoms with Gasteiger partial charge in [-0.25, -0.2) is 0 Å². The summed E-state index contributed by atoms with van der Waals surface area (Å²) < 4.78 is 0. The number of aliphatic hydroxyl groups is 1. The highest BCUT2D eigenvalue weighted by Gasteiger charge is 2.19. The van der Waals surface area contributed by atoms with Crippen molar-refractivity contribution in [2.45, 2.75) is 38.7 Å². The zero-order valence-electron chi connectivity index (χ0n) is 10.2. The van der Waals surface area contributed by atoms with Gasteiger partial charge in [0, 0.05) is 17.3 Å². The molecule has 1 saturated carbocycles. The summed E-state index contributed by atoms with van der Waals surface area (Å²) in [5.41, 5.74) is 2.36. The van der Waals surface area contributed by atoms with Gasteiger partial charge in [0.25, 0.3) is 0 Å². The van der Waals surface area contributed by atoms with Crippen LogP contribution in [0.5, 0.6) is 0 Å². The fourth-order valence-corrected chi connectivity index (χ4v) is 2.56. The quantitative estimate of drug-likeness (QED) is 0.863. The smallest absolute Gasteiger partial charge is 0.0540 e. The Morgan fingerprint density at radius 3 is 2.71 bits per heavy atom. The second-order valence-corrected chi connectivity index (χ2v) is 5.45. The molecule has 0 atom stereocenters. The minimum atomic E-state index is -0.0702. The van der Waals surface area contributed by atoms with Gasteiger partial charge in [-0.15, -0.1) is 0 Å². The van der Waals surface area contributed by atoms with Crippen molar-refractivity contribution in [3.8, 4) is 0 Å². The molecule has 0 heterocycles. The first-order valence-corrected chi connectivity index (χ1v) is 6.71. The molecular formula is C14H20ClNO. The Labute approximate surface area is 108 Å². The molecule has 2 nitrogen and oxygen atoms in total. The zero-order chi connectivity index (χ0) is 12.3. The van der Waals surface area contributed by atoms with Crippen molar-refractivity contribution in [1.82, 2.24) is 0 Å². The number of nitrogens with one attached hydrogen (secondary N) is 1. The van der Waals surface area contributed by atoms with E-state index >= 15 is 0 Å². The van der Waals surface area contributed by atoms with Crippen molar-refractivity contribution in [2.75, 3.05) is 11.9 Å². The number of halogens is 1. The van der Waals surface area contributed by atoms with Crippen LogP contribution >= 0.6 is 11.6 Å². The summed E-state index contributed by atoms with van der Waals surface area (Å²) in [6.45, 7) is 3.07. The van der Waals surface area contributed by atoms with Crippen LogP contribution in [-0.4, -0.2) is 17.8 Å². The molecule has 0 spiro atoms. The molecule has 3 heteroatoms. The average Bonchev–Trinajstić information content (AvgIpc) is 2.32. The molecule has 2 rings (SSSR count). The van der Waals surface area contributed by atoms with E-state index in [1.54, 1.807) is 0 Å². The Bertz CT molecular complexity index is 372. The number of aliphatic hydroxyl groups excluding tert-OH is 1. The lowest BCUT2D eigenvalue weighted by atomic mass is 9.87. The third-order valence-corrected chi connectivity index (χ3v) is 3.83. The van der Waals surface area contributed by atoms with E-state index in [-0.39, 0.29) is 6.10 Å². The third kappa shape index (κ3) is 3.62. The normalized spacial score (nSPS) is 24.6. The number of anilines is 1. The summed E-state index contributed by atoms with van der Waals surface area (Å²) in [6.07, 6.45) is 4.06. The molecule has 1 fully saturated rings. The van der Waals surface area contributed by atoms with Gasteiger partial charge >= 0.3 is 0 Å². The molecule has 1 aromatic rings. The van der Waals surface area contributed by atoms with Crippen molar-refractivity contribution < 1.29 is 5.11 Å². The van der Waals surface area contributed by atoms with Crippen LogP contribution in [-0.2, 0) is 0 Å². The molecule has 1 aromatic carbocycles. The largest absolute Gasteiger partial charge is 0.393 e. The first kappa shape index (κ1) is 12.7. The Kier molecular flexibility index (Phi) is 4.30. The number of benzene rings is 1. The monoisotopic (exact) mass is 253 g/mol. The van der Waals surface area contributed by atoms with E-state index in [0.29, 0.717) is 5.92 Å². The SMILES string of the molecule is Cc1ccc(Cl)cc1NCC1CCC(O)CC1. The summed E-state index contributed by atoms with van der Waals surface area (Å²) >= 11 is 5.98. The van der Waals surface area contributed by atoms with Gasteiger partial charge in [0.15, 0.2) is 0 Å². The molecule has 94 valence electrons. The van der Waals surface area contributed by atoms with E-state index in [2.05, 4.69) is 12.2 Å². The average molecular weight is 254 g/mol. The molecule has 0 bridgehead atoms. The minimum absolute atomic E-state index is 0.0702. The Morgan fingerprint density at radius 2 is 2.00 bits per heavy atom. The topological polar surface area (TPSA) is 32.3 Å².